The van der Waals surface area contributed by atoms with Crippen molar-refractivity contribution in [1.29, 1.82) is 0 Å². The Kier molecular flexibility index (Phi) is 2.14. The van der Waals surface area contributed by atoms with E-state index in [0.717, 1.165) is 0 Å². The van der Waals surface area contributed by atoms with Gasteiger partial charge in [-0.15, -0.1) is 3.89 Å². The highest BCUT2D eigenvalue weighted by atomic mass is 32.3. The molecule has 0 bridgehead atoms. The van der Waals surface area contributed by atoms with Gasteiger partial charge in [0.2, 0.25) is 0 Å². The SMILES string of the molecule is O=S(=O)(F)c1ccoc1C(F)F. The summed E-state index contributed by atoms with van der Waals surface area (Å²) in [5.41, 5.74) is 0. The van der Waals surface area contributed by atoms with Gasteiger partial charge in [0.15, 0.2) is 5.76 Å². The maximum absolute atomic E-state index is 12.2. The van der Waals surface area contributed by atoms with Crippen molar-refractivity contribution >= 4 is 10.2 Å². The Morgan fingerprint density at radius 2 is 2.00 bits per heavy atom. The average molecular weight is 200 g/mol. The summed E-state index contributed by atoms with van der Waals surface area (Å²) in [7, 11) is -5.11. The van der Waals surface area contributed by atoms with Gasteiger partial charge in [-0.1, -0.05) is 0 Å². The van der Waals surface area contributed by atoms with Gasteiger partial charge in [0.25, 0.3) is 6.43 Å². The van der Waals surface area contributed by atoms with Gasteiger partial charge in [0.05, 0.1) is 6.26 Å². The lowest BCUT2D eigenvalue weighted by Crippen LogP contribution is -1.94. The lowest BCUT2D eigenvalue weighted by atomic mass is 10.5. The lowest BCUT2D eigenvalue weighted by molar-refractivity contribution is 0.117. The molecule has 68 valence electrons. The van der Waals surface area contributed by atoms with Crippen molar-refractivity contribution in [1.82, 2.24) is 0 Å². The summed E-state index contributed by atoms with van der Waals surface area (Å²) >= 11 is 0. The summed E-state index contributed by atoms with van der Waals surface area (Å²) in [4.78, 5) is -1.11. The van der Waals surface area contributed by atoms with Crippen LogP contribution in [0, 0.1) is 0 Å². The number of rotatable bonds is 2. The fourth-order valence-corrected chi connectivity index (χ4v) is 1.27. The Balaban J connectivity index is 3.26. The predicted molar refractivity (Wildman–Crippen MR) is 32.0 cm³/mol. The third-order valence-corrected chi connectivity index (χ3v) is 1.98. The minimum absolute atomic E-state index is 0.636. The molecule has 0 aliphatic heterocycles. The lowest BCUT2D eigenvalue weighted by Gasteiger charge is -1.94. The van der Waals surface area contributed by atoms with E-state index in [1.807, 2.05) is 0 Å². The van der Waals surface area contributed by atoms with Crippen LogP contribution in [0.1, 0.15) is 12.2 Å². The highest BCUT2D eigenvalue weighted by Gasteiger charge is 2.26. The van der Waals surface area contributed by atoms with Crippen LogP contribution >= 0.6 is 0 Å². The molecule has 0 radical (unpaired) electrons. The Morgan fingerprint density at radius 1 is 1.42 bits per heavy atom. The van der Waals surface area contributed by atoms with E-state index in [1.165, 1.54) is 0 Å². The maximum Gasteiger partial charge on any atom is 0.335 e. The molecule has 0 aliphatic rings. The molecule has 0 unspecified atom stereocenters. The second kappa shape index (κ2) is 2.81. The Morgan fingerprint density at radius 3 is 2.33 bits per heavy atom. The summed E-state index contributed by atoms with van der Waals surface area (Å²) < 4.78 is 60.3. The third-order valence-electron chi connectivity index (χ3n) is 1.12. The van der Waals surface area contributed by atoms with Crippen LogP contribution in [0.4, 0.5) is 12.7 Å². The molecule has 0 aliphatic carbocycles. The molecular formula is C5H3F3O3S. The second-order valence-electron chi connectivity index (χ2n) is 1.89. The van der Waals surface area contributed by atoms with E-state index in [9.17, 15) is 21.1 Å². The molecular weight excluding hydrogens is 197 g/mol. The summed E-state index contributed by atoms with van der Waals surface area (Å²) in [5.74, 6) is -1.17. The molecule has 0 atom stereocenters. The fourth-order valence-electron chi connectivity index (χ4n) is 0.670. The van der Waals surface area contributed by atoms with Gasteiger partial charge in [-0.2, -0.15) is 8.42 Å². The van der Waals surface area contributed by atoms with E-state index >= 15 is 0 Å². The molecule has 3 nitrogen and oxygen atoms in total. The minimum atomic E-state index is -5.11. The Bertz CT molecular complexity index is 367. The summed E-state index contributed by atoms with van der Waals surface area (Å²) in [6, 6.07) is 0.636. The molecule has 1 rings (SSSR count). The van der Waals surface area contributed by atoms with Gasteiger partial charge >= 0.3 is 10.2 Å². The number of alkyl halides is 2. The summed E-state index contributed by atoms with van der Waals surface area (Å²) in [6.45, 7) is 0. The second-order valence-corrected chi connectivity index (χ2v) is 3.20. The van der Waals surface area contributed by atoms with E-state index in [0.29, 0.717) is 12.3 Å². The molecule has 1 aromatic heterocycles. The van der Waals surface area contributed by atoms with Crippen LogP contribution in [0.5, 0.6) is 0 Å². The quantitative estimate of drug-likeness (QED) is 0.684. The molecule has 0 N–H and O–H groups in total. The van der Waals surface area contributed by atoms with Gasteiger partial charge in [-0.25, -0.2) is 8.78 Å². The van der Waals surface area contributed by atoms with Gasteiger partial charge in [0.1, 0.15) is 4.90 Å². The number of furan rings is 1. The van der Waals surface area contributed by atoms with E-state index < -0.39 is 27.3 Å². The Hall–Kier alpha value is -0.980. The van der Waals surface area contributed by atoms with Crippen LogP contribution < -0.4 is 0 Å². The average Bonchev–Trinajstić information content (AvgIpc) is 2.30. The van der Waals surface area contributed by atoms with Crippen molar-refractivity contribution in [2.45, 2.75) is 11.3 Å². The number of hydrogen-bond acceptors (Lipinski definition) is 3. The van der Waals surface area contributed by atoms with E-state index in [-0.39, 0.29) is 0 Å². The van der Waals surface area contributed by atoms with Crippen LogP contribution in [-0.2, 0) is 10.2 Å². The highest BCUT2D eigenvalue weighted by Crippen LogP contribution is 2.28. The standard InChI is InChI=1S/C5H3F3O3S/c6-5(7)4-3(1-2-11-4)12(8,9)10/h1-2,5H. The van der Waals surface area contributed by atoms with Gasteiger partial charge < -0.3 is 4.42 Å². The van der Waals surface area contributed by atoms with Gasteiger partial charge in [-0.05, 0) is 6.07 Å². The zero-order chi connectivity index (χ0) is 9.35. The molecule has 0 aromatic carbocycles. The number of halogens is 3. The first-order valence-electron chi connectivity index (χ1n) is 2.73. The normalized spacial score (nSPS) is 12.3. The highest BCUT2D eigenvalue weighted by molar-refractivity contribution is 7.86. The minimum Gasteiger partial charge on any atom is -0.462 e. The van der Waals surface area contributed by atoms with Crippen LogP contribution in [0.15, 0.2) is 21.6 Å². The molecule has 0 fully saturated rings. The first kappa shape index (κ1) is 9.11. The first-order valence-corrected chi connectivity index (χ1v) is 4.11. The zero-order valence-electron chi connectivity index (χ0n) is 5.50. The maximum atomic E-state index is 12.2. The molecule has 0 saturated carbocycles. The molecule has 1 aromatic rings. The van der Waals surface area contributed by atoms with Gasteiger partial charge in [0, 0.05) is 0 Å². The third kappa shape index (κ3) is 1.60. The molecule has 0 saturated heterocycles. The molecule has 1 heterocycles. The largest absolute Gasteiger partial charge is 0.462 e. The Labute approximate surface area is 66.0 Å². The predicted octanol–water partition coefficient (Wildman–Crippen LogP) is 1.88. The van der Waals surface area contributed by atoms with Crippen molar-refractivity contribution in [3.05, 3.63) is 18.1 Å². The molecule has 0 spiro atoms. The fraction of sp³-hybridized carbons (Fsp3) is 0.200. The van der Waals surface area contributed by atoms with Crippen molar-refractivity contribution in [2.75, 3.05) is 0 Å². The summed E-state index contributed by atoms with van der Waals surface area (Å²) in [5, 5.41) is 0. The van der Waals surface area contributed by atoms with Crippen molar-refractivity contribution in [3.63, 3.8) is 0 Å². The summed E-state index contributed by atoms with van der Waals surface area (Å²) in [6.07, 6.45) is -2.45. The molecule has 12 heavy (non-hydrogen) atoms. The van der Waals surface area contributed by atoms with Crippen LogP contribution in [0.25, 0.3) is 0 Å². The topological polar surface area (TPSA) is 47.3 Å². The van der Waals surface area contributed by atoms with E-state index in [1.54, 1.807) is 0 Å². The van der Waals surface area contributed by atoms with Crippen molar-refractivity contribution < 1.29 is 25.5 Å². The van der Waals surface area contributed by atoms with Crippen LogP contribution in [-0.4, -0.2) is 8.42 Å². The van der Waals surface area contributed by atoms with Crippen LogP contribution in [0.3, 0.4) is 0 Å². The monoisotopic (exact) mass is 200 g/mol. The van der Waals surface area contributed by atoms with E-state index in [4.69, 9.17) is 0 Å². The number of hydrogen-bond donors (Lipinski definition) is 0. The zero-order valence-corrected chi connectivity index (χ0v) is 6.32. The van der Waals surface area contributed by atoms with Crippen LogP contribution in [0.2, 0.25) is 0 Å². The van der Waals surface area contributed by atoms with Gasteiger partial charge in [-0.3, -0.25) is 0 Å². The first-order chi connectivity index (χ1) is 5.43. The molecule has 7 heteroatoms. The van der Waals surface area contributed by atoms with Crippen molar-refractivity contribution in [3.8, 4) is 0 Å². The van der Waals surface area contributed by atoms with Crippen molar-refractivity contribution in [2.24, 2.45) is 0 Å². The van der Waals surface area contributed by atoms with E-state index in [2.05, 4.69) is 4.42 Å². The molecule has 0 amide bonds. The smallest absolute Gasteiger partial charge is 0.335 e.